The Morgan fingerprint density at radius 2 is 1.68 bits per heavy atom. The fraction of sp³-hybridized carbons (Fsp3) is 0.154. The first-order valence-electron chi connectivity index (χ1n) is 5.42. The zero-order valence-electron chi connectivity index (χ0n) is 10.5. The molecule has 2 aromatic rings. The summed E-state index contributed by atoms with van der Waals surface area (Å²) in [5.41, 5.74) is 2.77. The van der Waals surface area contributed by atoms with Crippen molar-refractivity contribution in [2.45, 2.75) is 18.7 Å². The summed E-state index contributed by atoms with van der Waals surface area (Å²) in [6.07, 6.45) is 0. The number of nitriles is 1. The summed E-state index contributed by atoms with van der Waals surface area (Å²) in [5.74, 6) is 0.591. The minimum Gasteiger partial charge on any atom is -0.324 e. The van der Waals surface area contributed by atoms with Crippen LogP contribution in [0.2, 0.25) is 0 Å². The lowest BCUT2D eigenvalue weighted by Crippen LogP contribution is -1.99. The molecule has 0 bridgehead atoms. The van der Waals surface area contributed by atoms with Gasteiger partial charge in [0.2, 0.25) is 5.95 Å². The van der Waals surface area contributed by atoms with Crippen molar-refractivity contribution in [3.63, 3.8) is 0 Å². The van der Waals surface area contributed by atoms with Gasteiger partial charge in [-0.2, -0.15) is 5.26 Å². The number of aryl methyl sites for hydroxylation is 2. The summed E-state index contributed by atoms with van der Waals surface area (Å²) in [5, 5.41) is 13.7. The predicted molar refractivity (Wildman–Crippen MR) is 79.9 cm³/mol. The molecule has 0 atom stereocenters. The molecule has 0 fully saturated rings. The van der Waals surface area contributed by atoms with E-state index in [-0.39, 0.29) is 12.4 Å². The monoisotopic (exact) mass is 292 g/mol. The first-order valence-corrected chi connectivity index (χ1v) is 6.24. The Morgan fingerprint density at radius 1 is 1.11 bits per heavy atom. The van der Waals surface area contributed by atoms with Crippen LogP contribution in [0.15, 0.2) is 35.2 Å². The summed E-state index contributed by atoms with van der Waals surface area (Å²) in [6.45, 7) is 3.87. The van der Waals surface area contributed by atoms with Crippen LogP contribution in [0.5, 0.6) is 0 Å². The molecule has 1 aromatic carbocycles. The number of thioether (sulfide) groups is 1. The zero-order chi connectivity index (χ0) is 13.0. The number of anilines is 2. The highest BCUT2D eigenvalue weighted by Crippen LogP contribution is 2.20. The van der Waals surface area contributed by atoms with E-state index in [9.17, 15) is 0 Å². The van der Waals surface area contributed by atoms with Gasteiger partial charge in [0.15, 0.2) is 0 Å². The number of nitrogens with one attached hydrogen (secondary N) is 1. The number of aromatic nitrogens is 2. The van der Waals surface area contributed by atoms with Crippen molar-refractivity contribution in [2.75, 3.05) is 5.32 Å². The fourth-order valence-corrected chi connectivity index (χ4v) is 1.95. The van der Waals surface area contributed by atoms with Gasteiger partial charge in [-0.15, -0.1) is 12.4 Å². The van der Waals surface area contributed by atoms with Crippen molar-refractivity contribution in [1.29, 1.82) is 5.26 Å². The third kappa shape index (κ3) is 4.43. The molecule has 0 aliphatic carbocycles. The molecule has 6 heteroatoms. The van der Waals surface area contributed by atoms with Gasteiger partial charge in [-0.3, -0.25) is 0 Å². The van der Waals surface area contributed by atoms with Crippen molar-refractivity contribution < 1.29 is 0 Å². The van der Waals surface area contributed by atoms with Gasteiger partial charge >= 0.3 is 0 Å². The first-order chi connectivity index (χ1) is 8.67. The number of hydrogen-bond donors (Lipinski definition) is 1. The maximum absolute atomic E-state index is 8.56. The van der Waals surface area contributed by atoms with Crippen LogP contribution in [0.1, 0.15) is 11.4 Å². The third-order valence-corrected chi connectivity index (χ3v) is 2.86. The molecule has 0 unspecified atom stereocenters. The number of thiocyanates is 1. The largest absolute Gasteiger partial charge is 0.324 e. The zero-order valence-corrected chi connectivity index (χ0v) is 12.2. The molecule has 0 aliphatic rings. The van der Waals surface area contributed by atoms with Crippen molar-refractivity contribution >= 4 is 35.8 Å². The molecule has 0 amide bonds. The van der Waals surface area contributed by atoms with Crippen molar-refractivity contribution in [3.05, 3.63) is 41.7 Å². The van der Waals surface area contributed by atoms with Crippen LogP contribution < -0.4 is 5.32 Å². The summed E-state index contributed by atoms with van der Waals surface area (Å²) < 4.78 is 0. The highest BCUT2D eigenvalue weighted by atomic mass is 35.5. The predicted octanol–water partition coefficient (Wildman–Crippen LogP) is 3.83. The summed E-state index contributed by atoms with van der Waals surface area (Å²) in [7, 11) is 0. The van der Waals surface area contributed by atoms with Crippen LogP contribution >= 0.6 is 24.2 Å². The Balaban J connectivity index is 0.00000180. The molecular formula is C13H13ClN4S. The van der Waals surface area contributed by atoms with Crippen LogP contribution in [-0.2, 0) is 0 Å². The molecule has 98 valence electrons. The van der Waals surface area contributed by atoms with E-state index in [1.807, 2.05) is 49.6 Å². The average Bonchev–Trinajstić information content (AvgIpc) is 2.31. The summed E-state index contributed by atoms with van der Waals surface area (Å²) in [6, 6.07) is 9.51. The van der Waals surface area contributed by atoms with E-state index >= 15 is 0 Å². The molecule has 4 nitrogen and oxygen atoms in total. The van der Waals surface area contributed by atoms with Crippen LogP contribution in [0, 0.1) is 24.5 Å². The smallest absolute Gasteiger partial charge is 0.227 e. The maximum atomic E-state index is 8.56. The van der Waals surface area contributed by atoms with Crippen LogP contribution in [0.25, 0.3) is 0 Å². The van der Waals surface area contributed by atoms with Crippen molar-refractivity contribution in [2.24, 2.45) is 0 Å². The van der Waals surface area contributed by atoms with E-state index in [4.69, 9.17) is 5.26 Å². The standard InChI is InChI=1S/C13H12N4S.ClH/c1-9-7-10(2)16-13(15-9)17-11-3-5-12(6-4-11)18-8-14;/h3-7H,1-2H3,(H,15,16,17);1H. The van der Waals surface area contributed by atoms with Gasteiger partial charge in [-0.25, -0.2) is 9.97 Å². The van der Waals surface area contributed by atoms with E-state index in [1.165, 1.54) is 0 Å². The molecule has 1 aromatic heterocycles. The molecule has 0 aliphatic heterocycles. The number of halogens is 1. The minimum absolute atomic E-state index is 0. The Kier molecular flexibility index (Phi) is 5.61. The Labute approximate surface area is 122 Å². The van der Waals surface area contributed by atoms with Gasteiger partial charge < -0.3 is 5.32 Å². The highest BCUT2D eigenvalue weighted by molar-refractivity contribution is 8.03. The van der Waals surface area contributed by atoms with Crippen LogP contribution in [0.3, 0.4) is 0 Å². The number of benzene rings is 1. The topological polar surface area (TPSA) is 61.6 Å². The van der Waals surface area contributed by atoms with E-state index in [2.05, 4.69) is 15.3 Å². The van der Waals surface area contributed by atoms with Gasteiger partial charge in [0.25, 0.3) is 0 Å². The molecular weight excluding hydrogens is 280 g/mol. The second-order valence-corrected chi connectivity index (χ2v) is 4.68. The Bertz CT molecular complexity index is 572. The lowest BCUT2D eigenvalue weighted by molar-refractivity contribution is 1.06. The molecule has 0 saturated carbocycles. The molecule has 0 radical (unpaired) electrons. The van der Waals surface area contributed by atoms with E-state index in [0.29, 0.717) is 5.95 Å². The van der Waals surface area contributed by atoms with Crippen molar-refractivity contribution in [3.8, 4) is 5.40 Å². The summed E-state index contributed by atoms with van der Waals surface area (Å²) in [4.78, 5) is 9.54. The van der Waals surface area contributed by atoms with Gasteiger partial charge in [0.1, 0.15) is 5.40 Å². The highest BCUT2D eigenvalue weighted by Gasteiger charge is 2.00. The molecule has 19 heavy (non-hydrogen) atoms. The number of hydrogen-bond acceptors (Lipinski definition) is 5. The second kappa shape index (κ2) is 6.98. The first kappa shape index (κ1) is 15.3. The SMILES string of the molecule is Cc1cc(C)nc(Nc2ccc(SC#N)cc2)n1.Cl. The maximum Gasteiger partial charge on any atom is 0.227 e. The lowest BCUT2D eigenvalue weighted by Gasteiger charge is -2.06. The summed E-state index contributed by atoms with van der Waals surface area (Å²) >= 11 is 1.14. The van der Waals surface area contributed by atoms with Crippen molar-refractivity contribution in [1.82, 2.24) is 9.97 Å². The van der Waals surface area contributed by atoms with Crippen LogP contribution in [0.4, 0.5) is 11.6 Å². The normalized spacial score (nSPS) is 9.32. The van der Waals surface area contributed by atoms with Gasteiger partial charge in [0, 0.05) is 22.0 Å². The molecule has 0 saturated heterocycles. The Hall–Kier alpha value is -1.77. The fourth-order valence-electron chi connectivity index (χ4n) is 1.57. The Morgan fingerprint density at radius 3 is 2.21 bits per heavy atom. The van der Waals surface area contributed by atoms with E-state index in [0.717, 1.165) is 33.7 Å². The van der Waals surface area contributed by atoms with Gasteiger partial charge in [-0.05, 0) is 55.9 Å². The molecule has 1 N–H and O–H groups in total. The second-order valence-electron chi connectivity index (χ2n) is 3.82. The van der Waals surface area contributed by atoms with Gasteiger partial charge in [-0.1, -0.05) is 0 Å². The minimum atomic E-state index is 0. The van der Waals surface area contributed by atoms with E-state index < -0.39 is 0 Å². The van der Waals surface area contributed by atoms with Gasteiger partial charge in [0.05, 0.1) is 0 Å². The van der Waals surface area contributed by atoms with E-state index in [1.54, 1.807) is 0 Å². The molecule has 2 rings (SSSR count). The van der Waals surface area contributed by atoms with Crippen LogP contribution in [-0.4, -0.2) is 9.97 Å². The molecule has 1 heterocycles. The quantitative estimate of drug-likeness (QED) is 0.688. The molecule has 0 spiro atoms. The number of rotatable bonds is 3. The number of nitrogens with zero attached hydrogens (tertiary/aromatic N) is 3. The lowest BCUT2D eigenvalue weighted by atomic mass is 10.3. The third-order valence-electron chi connectivity index (χ3n) is 2.26. The average molecular weight is 293 g/mol.